The van der Waals surface area contributed by atoms with Crippen LogP contribution in [0, 0.1) is 0 Å². The van der Waals surface area contributed by atoms with Crippen LogP contribution in [0.5, 0.6) is 11.5 Å². The van der Waals surface area contributed by atoms with Crippen LogP contribution in [0.3, 0.4) is 0 Å². The van der Waals surface area contributed by atoms with Crippen molar-refractivity contribution in [1.29, 1.82) is 0 Å². The van der Waals surface area contributed by atoms with Gasteiger partial charge in [-0.1, -0.05) is 0 Å². The Morgan fingerprint density at radius 2 is 2.04 bits per heavy atom. The second-order valence-corrected chi connectivity index (χ2v) is 6.23. The molecule has 0 aliphatic carbocycles. The number of anilines is 1. The molecular formula is C20H19N3O4. The summed E-state index contributed by atoms with van der Waals surface area (Å²) in [5.41, 5.74) is 3.91. The minimum Gasteiger partial charge on any atom is -0.497 e. The quantitative estimate of drug-likeness (QED) is 0.604. The summed E-state index contributed by atoms with van der Waals surface area (Å²) in [5.74, 6) is 1.76. The summed E-state index contributed by atoms with van der Waals surface area (Å²) in [7, 11) is 3.13. The molecule has 0 radical (unpaired) electrons. The number of nitrogens with zero attached hydrogens (tertiary/aromatic N) is 1. The number of methoxy groups -OCH3 is 2. The van der Waals surface area contributed by atoms with Crippen LogP contribution in [-0.2, 0) is 11.4 Å². The van der Waals surface area contributed by atoms with E-state index in [1.165, 1.54) is 0 Å². The Morgan fingerprint density at radius 3 is 2.74 bits per heavy atom. The highest BCUT2D eigenvalue weighted by Crippen LogP contribution is 2.40. The van der Waals surface area contributed by atoms with Crippen molar-refractivity contribution in [2.24, 2.45) is 4.99 Å². The molecule has 0 fully saturated rings. The van der Waals surface area contributed by atoms with E-state index in [-0.39, 0.29) is 6.61 Å². The average molecular weight is 365 g/mol. The van der Waals surface area contributed by atoms with Crippen molar-refractivity contribution in [2.45, 2.75) is 12.6 Å². The van der Waals surface area contributed by atoms with Crippen LogP contribution in [0.4, 0.5) is 5.69 Å². The Morgan fingerprint density at radius 1 is 1.19 bits per heavy atom. The third-order valence-electron chi connectivity index (χ3n) is 4.64. The fourth-order valence-corrected chi connectivity index (χ4v) is 3.33. The first-order valence-electron chi connectivity index (χ1n) is 8.45. The second kappa shape index (κ2) is 6.77. The van der Waals surface area contributed by atoms with Crippen LogP contribution in [0.25, 0.3) is 10.9 Å². The van der Waals surface area contributed by atoms with Gasteiger partial charge in [-0.05, 0) is 24.3 Å². The van der Waals surface area contributed by atoms with Gasteiger partial charge in [0, 0.05) is 39.9 Å². The summed E-state index contributed by atoms with van der Waals surface area (Å²) < 4.78 is 10.8. The fourth-order valence-electron chi connectivity index (χ4n) is 3.33. The summed E-state index contributed by atoms with van der Waals surface area (Å²) in [6, 6.07) is 10.6. The van der Waals surface area contributed by atoms with Gasteiger partial charge in [-0.3, -0.25) is 4.99 Å². The van der Waals surface area contributed by atoms with Gasteiger partial charge in [-0.15, -0.1) is 0 Å². The van der Waals surface area contributed by atoms with Crippen LogP contribution in [0.1, 0.15) is 22.9 Å². The number of aliphatic imine (C=N–C) groups is 1. The topological polar surface area (TPSA) is 95.9 Å². The molecule has 7 nitrogen and oxygen atoms in total. The van der Waals surface area contributed by atoms with Gasteiger partial charge in [0.15, 0.2) is 0 Å². The van der Waals surface area contributed by atoms with Gasteiger partial charge in [0.1, 0.15) is 29.7 Å². The lowest BCUT2D eigenvalue weighted by Gasteiger charge is -2.25. The second-order valence-electron chi connectivity index (χ2n) is 6.23. The highest BCUT2D eigenvalue weighted by atomic mass is 16.5. The number of hydrogen-bond acceptors (Lipinski definition) is 6. The van der Waals surface area contributed by atoms with Gasteiger partial charge in [-0.25, -0.2) is 0 Å². The predicted molar refractivity (Wildman–Crippen MR) is 103 cm³/mol. The predicted octanol–water partition coefficient (Wildman–Crippen LogP) is 2.79. The number of fused-ring (bicyclic) bond motifs is 2. The van der Waals surface area contributed by atoms with Crippen molar-refractivity contribution < 1.29 is 19.4 Å². The maximum atomic E-state index is 11.7. The normalized spacial score (nSPS) is 15.7. The minimum absolute atomic E-state index is 0.0522. The van der Waals surface area contributed by atoms with E-state index in [2.05, 4.69) is 15.3 Å². The Labute approximate surface area is 155 Å². The molecule has 1 aliphatic rings. The molecule has 1 aliphatic heterocycles. The monoisotopic (exact) mass is 365 g/mol. The first-order valence-corrected chi connectivity index (χ1v) is 8.45. The Hall–Kier alpha value is -3.32. The molecule has 3 N–H and O–H groups in total. The molecule has 0 amide bonds. The Bertz CT molecular complexity index is 1050. The molecule has 7 heteroatoms. The average Bonchev–Trinajstić information content (AvgIpc) is 3.14. The summed E-state index contributed by atoms with van der Waals surface area (Å²) in [5, 5.41) is 13.5. The summed E-state index contributed by atoms with van der Waals surface area (Å²) in [6.45, 7) is -0.0522. The minimum atomic E-state index is -0.674. The van der Waals surface area contributed by atoms with E-state index < -0.39 is 6.04 Å². The maximum absolute atomic E-state index is 11.7. The number of carbonyl (C=O) groups excluding carboxylic acids is 1. The van der Waals surface area contributed by atoms with Crippen molar-refractivity contribution in [3.8, 4) is 11.5 Å². The third-order valence-corrected chi connectivity index (χ3v) is 4.64. The number of H-pyrrole nitrogens is 1. The molecule has 1 unspecified atom stereocenters. The summed E-state index contributed by atoms with van der Waals surface area (Å²) >= 11 is 0. The van der Waals surface area contributed by atoms with Crippen LogP contribution in [0.2, 0.25) is 0 Å². The van der Waals surface area contributed by atoms with Crippen molar-refractivity contribution in [3.63, 3.8) is 0 Å². The number of aliphatic hydroxyl groups excluding tert-OH is 1. The van der Waals surface area contributed by atoms with E-state index >= 15 is 0 Å². The van der Waals surface area contributed by atoms with Crippen molar-refractivity contribution in [2.75, 3.05) is 19.5 Å². The van der Waals surface area contributed by atoms with Crippen molar-refractivity contribution >= 4 is 28.7 Å². The van der Waals surface area contributed by atoms with E-state index in [0.717, 1.165) is 34.1 Å². The SMILES string of the molecule is COc1cc2c(c(OC)c1)C(C=O)N=C(c1ccc3[nH]c(CO)cc3c1)N2. The van der Waals surface area contributed by atoms with Gasteiger partial charge < -0.3 is 29.7 Å². The van der Waals surface area contributed by atoms with Gasteiger partial charge in [-0.2, -0.15) is 0 Å². The number of aliphatic hydroxyl groups is 1. The standard InChI is InChI=1S/C20H19N3O4/c1-26-14-7-16-19(18(8-14)27-2)17(10-25)23-20(22-16)11-3-4-15-12(5-11)6-13(9-24)21-15/h3-8,10,17,21,24H,9H2,1-2H3,(H,22,23). The van der Waals surface area contributed by atoms with E-state index in [0.29, 0.717) is 22.9 Å². The number of aromatic amines is 1. The number of carbonyl (C=O) groups is 1. The van der Waals surface area contributed by atoms with E-state index in [1.54, 1.807) is 20.3 Å². The van der Waals surface area contributed by atoms with Crippen LogP contribution >= 0.6 is 0 Å². The van der Waals surface area contributed by atoms with Crippen molar-refractivity contribution in [3.05, 3.63) is 53.2 Å². The Balaban J connectivity index is 1.80. The highest BCUT2D eigenvalue weighted by Gasteiger charge is 2.26. The number of aromatic nitrogens is 1. The van der Waals surface area contributed by atoms with Gasteiger partial charge in [0.05, 0.1) is 26.5 Å². The maximum Gasteiger partial charge on any atom is 0.149 e. The van der Waals surface area contributed by atoms with Crippen LogP contribution in [0.15, 0.2) is 41.4 Å². The fraction of sp³-hybridized carbons (Fsp3) is 0.200. The summed E-state index contributed by atoms with van der Waals surface area (Å²) in [4.78, 5) is 19.4. The summed E-state index contributed by atoms with van der Waals surface area (Å²) in [6.07, 6.45) is 0.799. The zero-order chi connectivity index (χ0) is 19.0. The number of amidine groups is 1. The number of aldehydes is 1. The lowest BCUT2D eigenvalue weighted by molar-refractivity contribution is -0.108. The molecule has 27 heavy (non-hydrogen) atoms. The molecule has 0 saturated carbocycles. The Kier molecular flexibility index (Phi) is 4.29. The smallest absolute Gasteiger partial charge is 0.149 e. The molecule has 138 valence electrons. The molecule has 2 heterocycles. The molecule has 3 aromatic rings. The lowest BCUT2D eigenvalue weighted by Crippen LogP contribution is -2.22. The van der Waals surface area contributed by atoms with E-state index in [1.807, 2.05) is 30.3 Å². The van der Waals surface area contributed by atoms with Crippen molar-refractivity contribution in [1.82, 2.24) is 4.98 Å². The number of rotatable bonds is 5. The van der Waals surface area contributed by atoms with Gasteiger partial charge in [0.25, 0.3) is 0 Å². The zero-order valence-electron chi connectivity index (χ0n) is 14.9. The largest absolute Gasteiger partial charge is 0.497 e. The molecule has 0 saturated heterocycles. The molecule has 4 rings (SSSR count). The van der Waals surface area contributed by atoms with Gasteiger partial charge >= 0.3 is 0 Å². The number of benzene rings is 2. The number of nitrogens with one attached hydrogen (secondary N) is 2. The van der Waals surface area contributed by atoms with Crippen LogP contribution < -0.4 is 14.8 Å². The van der Waals surface area contributed by atoms with Crippen LogP contribution in [-0.4, -0.2) is 36.4 Å². The number of ether oxygens (including phenoxy) is 2. The number of hydrogen-bond donors (Lipinski definition) is 3. The molecule has 1 aromatic heterocycles. The zero-order valence-corrected chi connectivity index (χ0v) is 14.9. The molecule has 2 aromatic carbocycles. The first kappa shape index (κ1) is 17.1. The molecular weight excluding hydrogens is 346 g/mol. The molecule has 0 spiro atoms. The first-order chi connectivity index (χ1) is 13.2. The lowest BCUT2D eigenvalue weighted by atomic mass is 10.0. The molecule has 0 bridgehead atoms. The van der Waals surface area contributed by atoms with Gasteiger partial charge in [0.2, 0.25) is 0 Å². The highest BCUT2D eigenvalue weighted by molar-refractivity contribution is 6.12. The van der Waals surface area contributed by atoms with E-state index in [9.17, 15) is 9.90 Å². The van der Waals surface area contributed by atoms with E-state index in [4.69, 9.17) is 9.47 Å². The molecule has 1 atom stereocenters. The third kappa shape index (κ3) is 2.92.